The van der Waals surface area contributed by atoms with E-state index in [2.05, 4.69) is 10.6 Å². The predicted octanol–water partition coefficient (Wildman–Crippen LogP) is 3.13. The van der Waals surface area contributed by atoms with Gasteiger partial charge >= 0.3 is 6.03 Å². The molecule has 1 atom stereocenters. The summed E-state index contributed by atoms with van der Waals surface area (Å²) in [5.41, 5.74) is 0.186. The van der Waals surface area contributed by atoms with Crippen molar-refractivity contribution in [3.05, 3.63) is 63.6 Å². The minimum atomic E-state index is -1.25. The zero-order valence-corrected chi connectivity index (χ0v) is 18.0. The molecule has 0 bridgehead atoms. The standard InChI is InChI=1S/C21H21Cl2N3O4/c1-21(14-4-7-16(30-2)8-5-14)19(28)26(20(29)25-21)12-18(27)24-10-9-13-3-6-15(22)11-17(13)23/h3-8,11H,9-10,12H2,1-2H3,(H,24,27)(H,25,29)/t21-/m0/s1. The SMILES string of the molecule is COc1ccc([C@]2(C)NC(=O)N(CC(=O)NCCc3ccc(Cl)cc3Cl)C2=O)cc1. The van der Waals surface area contributed by atoms with Crippen molar-refractivity contribution in [1.82, 2.24) is 15.5 Å². The molecule has 2 aromatic rings. The van der Waals surface area contributed by atoms with Crippen LogP contribution < -0.4 is 15.4 Å². The minimum absolute atomic E-state index is 0.305. The maximum absolute atomic E-state index is 12.9. The van der Waals surface area contributed by atoms with Crippen LogP contribution in [0.2, 0.25) is 10.0 Å². The molecule has 3 rings (SSSR count). The number of urea groups is 1. The van der Waals surface area contributed by atoms with E-state index in [0.717, 1.165) is 10.5 Å². The number of ether oxygens (including phenoxy) is 1. The molecule has 158 valence electrons. The van der Waals surface area contributed by atoms with Gasteiger partial charge in [0.25, 0.3) is 5.91 Å². The van der Waals surface area contributed by atoms with Gasteiger partial charge in [-0.05, 0) is 48.7 Å². The van der Waals surface area contributed by atoms with Gasteiger partial charge in [0, 0.05) is 16.6 Å². The summed E-state index contributed by atoms with van der Waals surface area (Å²) in [5, 5.41) is 6.42. The molecule has 0 aromatic heterocycles. The molecular weight excluding hydrogens is 429 g/mol. The van der Waals surface area contributed by atoms with Crippen LogP contribution in [0.15, 0.2) is 42.5 Å². The van der Waals surface area contributed by atoms with Crippen LogP contribution in [0, 0.1) is 0 Å². The Morgan fingerprint density at radius 3 is 2.50 bits per heavy atom. The molecule has 1 aliphatic rings. The number of hydrogen-bond acceptors (Lipinski definition) is 4. The lowest BCUT2D eigenvalue weighted by Crippen LogP contribution is -2.43. The van der Waals surface area contributed by atoms with Crippen molar-refractivity contribution in [2.45, 2.75) is 18.9 Å². The van der Waals surface area contributed by atoms with E-state index in [1.165, 1.54) is 0 Å². The van der Waals surface area contributed by atoms with Gasteiger partial charge in [-0.3, -0.25) is 14.5 Å². The molecule has 0 unspecified atom stereocenters. The van der Waals surface area contributed by atoms with E-state index in [4.69, 9.17) is 27.9 Å². The van der Waals surface area contributed by atoms with Crippen molar-refractivity contribution in [2.75, 3.05) is 20.2 Å². The summed E-state index contributed by atoms with van der Waals surface area (Å²) in [6.07, 6.45) is 0.492. The molecule has 30 heavy (non-hydrogen) atoms. The summed E-state index contributed by atoms with van der Waals surface area (Å²) >= 11 is 12.0. The number of carbonyl (C=O) groups is 3. The highest BCUT2D eigenvalue weighted by atomic mass is 35.5. The Morgan fingerprint density at radius 1 is 1.17 bits per heavy atom. The second-order valence-corrected chi connectivity index (χ2v) is 7.85. The van der Waals surface area contributed by atoms with Crippen LogP contribution in [0.3, 0.4) is 0 Å². The third-order valence-corrected chi connectivity index (χ3v) is 5.56. The highest BCUT2D eigenvalue weighted by Crippen LogP contribution is 2.30. The number of nitrogens with one attached hydrogen (secondary N) is 2. The maximum Gasteiger partial charge on any atom is 0.325 e. The predicted molar refractivity (Wildman–Crippen MR) is 114 cm³/mol. The second kappa shape index (κ2) is 8.93. The molecule has 1 fully saturated rings. The van der Waals surface area contributed by atoms with Crippen molar-refractivity contribution in [3.8, 4) is 5.75 Å². The summed E-state index contributed by atoms with van der Waals surface area (Å²) in [7, 11) is 1.54. The van der Waals surface area contributed by atoms with Crippen LogP contribution >= 0.6 is 23.2 Å². The van der Waals surface area contributed by atoms with Gasteiger partial charge in [-0.1, -0.05) is 41.4 Å². The van der Waals surface area contributed by atoms with Gasteiger partial charge in [-0.2, -0.15) is 0 Å². The van der Waals surface area contributed by atoms with Crippen LogP contribution in [0.5, 0.6) is 5.75 Å². The lowest BCUT2D eigenvalue weighted by atomic mass is 9.92. The second-order valence-electron chi connectivity index (χ2n) is 7.01. The van der Waals surface area contributed by atoms with E-state index in [1.54, 1.807) is 56.5 Å². The van der Waals surface area contributed by atoms with Gasteiger partial charge < -0.3 is 15.4 Å². The van der Waals surface area contributed by atoms with Gasteiger partial charge in [0.2, 0.25) is 5.91 Å². The number of halogens is 2. The molecule has 2 aromatic carbocycles. The molecule has 0 spiro atoms. The van der Waals surface area contributed by atoms with Gasteiger partial charge in [0.1, 0.15) is 17.8 Å². The number of nitrogens with zero attached hydrogens (tertiary/aromatic N) is 1. The van der Waals surface area contributed by atoms with Crippen LogP contribution in [0.25, 0.3) is 0 Å². The van der Waals surface area contributed by atoms with Crippen LogP contribution in [-0.4, -0.2) is 42.9 Å². The van der Waals surface area contributed by atoms with Crippen molar-refractivity contribution in [1.29, 1.82) is 0 Å². The normalized spacial score (nSPS) is 18.3. The van der Waals surface area contributed by atoms with Crippen LogP contribution in [0.4, 0.5) is 4.79 Å². The van der Waals surface area contributed by atoms with Crippen molar-refractivity contribution < 1.29 is 19.1 Å². The Hall–Kier alpha value is -2.77. The third kappa shape index (κ3) is 4.52. The zero-order chi connectivity index (χ0) is 21.9. The fourth-order valence-corrected chi connectivity index (χ4v) is 3.72. The first-order valence-electron chi connectivity index (χ1n) is 9.24. The largest absolute Gasteiger partial charge is 0.497 e. The Morgan fingerprint density at radius 2 is 1.87 bits per heavy atom. The van der Waals surface area contributed by atoms with Gasteiger partial charge in [-0.15, -0.1) is 0 Å². The Labute approximate surface area is 184 Å². The molecule has 7 nitrogen and oxygen atoms in total. The molecule has 0 radical (unpaired) electrons. The summed E-state index contributed by atoms with van der Waals surface area (Å²) < 4.78 is 5.12. The van der Waals surface area contributed by atoms with E-state index < -0.39 is 23.4 Å². The molecule has 2 N–H and O–H groups in total. The number of hydrogen-bond donors (Lipinski definition) is 2. The molecule has 4 amide bonds. The quantitative estimate of drug-likeness (QED) is 0.635. The van der Waals surface area contributed by atoms with Crippen molar-refractivity contribution in [2.24, 2.45) is 0 Å². The van der Waals surface area contributed by atoms with Crippen molar-refractivity contribution >= 4 is 41.0 Å². The molecule has 1 aliphatic heterocycles. The molecular formula is C21H21Cl2N3O4. The Kier molecular flexibility index (Phi) is 6.53. The van der Waals surface area contributed by atoms with E-state index in [0.29, 0.717) is 34.3 Å². The smallest absolute Gasteiger partial charge is 0.325 e. The molecule has 1 saturated heterocycles. The average Bonchev–Trinajstić information content (AvgIpc) is 2.93. The molecule has 9 heteroatoms. The Bertz CT molecular complexity index is 981. The maximum atomic E-state index is 12.9. The van der Waals surface area contributed by atoms with Gasteiger partial charge in [0.15, 0.2) is 0 Å². The molecule has 0 aliphatic carbocycles. The highest BCUT2D eigenvalue weighted by Gasteiger charge is 2.49. The summed E-state index contributed by atoms with van der Waals surface area (Å²) in [6, 6.07) is 11.3. The number of carbonyl (C=O) groups excluding carboxylic acids is 3. The van der Waals surface area contributed by atoms with E-state index >= 15 is 0 Å². The zero-order valence-electron chi connectivity index (χ0n) is 16.5. The first kappa shape index (κ1) is 21.9. The highest BCUT2D eigenvalue weighted by molar-refractivity contribution is 6.35. The fourth-order valence-electron chi connectivity index (χ4n) is 3.22. The Balaban J connectivity index is 1.59. The lowest BCUT2D eigenvalue weighted by molar-refractivity contribution is -0.134. The fraction of sp³-hybridized carbons (Fsp3) is 0.286. The summed E-state index contributed by atoms with van der Waals surface area (Å²) in [6.45, 7) is 1.54. The summed E-state index contributed by atoms with van der Waals surface area (Å²) in [5.74, 6) is -0.299. The topological polar surface area (TPSA) is 87.7 Å². The van der Waals surface area contributed by atoms with Crippen LogP contribution in [0.1, 0.15) is 18.1 Å². The van der Waals surface area contributed by atoms with Crippen LogP contribution in [-0.2, 0) is 21.5 Å². The first-order chi connectivity index (χ1) is 14.2. The van der Waals surface area contributed by atoms with Crippen molar-refractivity contribution in [3.63, 3.8) is 0 Å². The lowest BCUT2D eigenvalue weighted by Gasteiger charge is -2.22. The van der Waals surface area contributed by atoms with Gasteiger partial charge in [0.05, 0.1) is 7.11 Å². The van der Waals surface area contributed by atoms with E-state index in [9.17, 15) is 14.4 Å². The molecule has 0 saturated carbocycles. The third-order valence-electron chi connectivity index (χ3n) is 4.98. The van der Waals surface area contributed by atoms with E-state index in [-0.39, 0.29) is 6.54 Å². The van der Waals surface area contributed by atoms with Gasteiger partial charge in [-0.25, -0.2) is 4.79 Å². The monoisotopic (exact) mass is 449 g/mol. The minimum Gasteiger partial charge on any atom is -0.497 e. The number of benzene rings is 2. The molecule has 1 heterocycles. The number of methoxy groups -OCH3 is 1. The number of rotatable bonds is 7. The number of imide groups is 1. The van der Waals surface area contributed by atoms with E-state index in [1.807, 2.05) is 0 Å². The average molecular weight is 450 g/mol. The number of amides is 4. The summed E-state index contributed by atoms with van der Waals surface area (Å²) in [4.78, 5) is 38.5. The first-order valence-corrected chi connectivity index (χ1v) is 9.99.